The zero-order valence-electron chi connectivity index (χ0n) is 8.72. The van der Waals surface area contributed by atoms with E-state index in [0.717, 1.165) is 43.4 Å². The van der Waals surface area contributed by atoms with Crippen LogP contribution in [0, 0.1) is 0 Å². The summed E-state index contributed by atoms with van der Waals surface area (Å²) in [4.78, 5) is 8.99. The van der Waals surface area contributed by atoms with Crippen LogP contribution in [0.5, 0.6) is 0 Å². The summed E-state index contributed by atoms with van der Waals surface area (Å²) in [6.45, 7) is 6.85. The van der Waals surface area contributed by atoms with Gasteiger partial charge in [0.05, 0.1) is 5.69 Å². The second-order valence-corrected chi connectivity index (χ2v) is 3.40. The molecule has 0 fully saturated rings. The summed E-state index contributed by atoms with van der Waals surface area (Å²) in [6.07, 6.45) is 0.895. The molecule has 4 heteroatoms. The fourth-order valence-electron chi connectivity index (χ4n) is 1.69. The van der Waals surface area contributed by atoms with E-state index in [0.29, 0.717) is 0 Å². The second-order valence-electron chi connectivity index (χ2n) is 3.40. The van der Waals surface area contributed by atoms with Gasteiger partial charge in [0.1, 0.15) is 11.6 Å². The maximum atomic E-state index is 4.50. The van der Waals surface area contributed by atoms with Gasteiger partial charge in [-0.05, 0) is 6.92 Å². The van der Waals surface area contributed by atoms with Gasteiger partial charge in [-0.2, -0.15) is 0 Å². The highest BCUT2D eigenvalue weighted by Crippen LogP contribution is 2.20. The van der Waals surface area contributed by atoms with Gasteiger partial charge >= 0.3 is 0 Å². The Bertz CT molecular complexity index is 335. The molecule has 1 aromatic heterocycles. The lowest BCUT2D eigenvalue weighted by Gasteiger charge is -2.09. The molecule has 76 valence electrons. The molecular weight excluding hydrogens is 176 g/mol. The quantitative estimate of drug-likeness (QED) is 0.752. The van der Waals surface area contributed by atoms with E-state index in [1.165, 1.54) is 5.56 Å². The van der Waals surface area contributed by atoms with E-state index in [1.54, 1.807) is 0 Å². The van der Waals surface area contributed by atoms with Gasteiger partial charge in [0.25, 0.3) is 0 Å². The Hall–Kier alpha value is -1.16. The van der Waals surface area contributed by atoms with Crippen molar-refractivity contribution in [1.29, 1.82) is 0 Å². The molecule has 0 saturated carbocycles. The molecule has 0 bridgehead atoms. The lowest BCUT2D eigenvalue weighted by molar-refractivity contribution is 0.755. The number of hydrogen-bond acceptors (Lipinski definition) is 4. The Morgan fingerprint density at radius 1 is 1.29 bits per heavy atom. The van der Waals surface area contributed by atoms with Crippen molar-refractivity contribution in [2.45, 2.75) is 33.4 Å². The SMILES string of the molecule is CCNc1nc(CC)nc2c1CNC2. The summed E-state index contributed by atoms with van der Waals surface area (Å²) in [5.41, 5.74) is 2.40. The van der Waals surface area contributed by atoms with Gasteiger partial charge < -0.3 is 10.6 Å². The van der Waals surface area contributed by atoms with Crippen LogP contribution >= 0.6 is 0 Å². The number of fused-ring (bicyclic) bond motifs is 1. The van der Waals surface area contributed by atoms with Crippen LogP contribution in [0.4, 0.5) is 5.82 Å². The fraction of sp³-hybridized carbons (Fsp3) is 0.600. The van der Waals surface area contributed by atoms with Crippen molar-refractivity contribution in [2.75, 3.05) is 11.9 Å². The summed E-state index contributed by atoms with van der Waals surface area (Å²) in [5.74, 6) is 1.95. The molecule has 0 atom stereocenters. The Balaban J connectivity index is 2.41. The first-order valence-electron chi connectivity index (χ1n) is 5.18. The number of anilines is 1. The van der Waals surface area contributed by atoms with Crippen LogP contribution < -0.4 is 10.6 Å². The first kappa shape index (κ1) is 9.40. The van der Waals surface area contributed by atoms with Crippen LogP contribution in [0.2, 0.25) is 0 Å². The minimum Gasteiger partial charge on any atom is -0.370 e. The molecule has 2 rings (SSSR count). The molecule has 14 heavy (non-hydrogen) atoms. The van der Waals surface area contributed by atoms with Crippen LogP contribution in [-0.2, 0) is 19.5 Å². The van der Waals surface area contributed by atoms with Crippen molar-refractivity contribution in [2.24, 2.45) is 0 Å². The van der Waals surface area contributed by atoms with Crippen LogP contribution in [-0.4, -0.2) is 16.5 Å². The topological polar surface area (TPSA) is 49.8 Å². The summed E-state index contributed by atoms with van der Waals surface area (Å²) in [6, 6.07) is 0. The molecule has 0 amide bonds. The number of nitrogens with one attached hydrogen (secondary N) is 2. The maximum Gasteiger partial charge on any atom is 0.134 e. The number of aromatic nitrogens is 2. The van der Waals surface area contributed by atoms with E-state index < -0.39 is 0 Å². The molecule has 4 nitrogen and oxygen atoms in total. The minimum atomic E-state index is 0.878. The summed E-state index contributed by atoms with van der Waals surface area (Å²) < 4.78 is 0. The van der Waals surface area contributed by atoms with E-state index in [9.17, 15) is 0 Å². The third kappa shape index (κ3) is 1.57. The lowest BCUT2D eigenvalue weighted by Crippen LogP contribution is -2.08. The highest BCUT2D eigenvalue weighted by atomic mass is 15.1. The minimum absolute atomic E-state index is 0.878. The summed E-state index contributed by atoms with van der Waals surface area (Å²) >= 11 is 0. The van der Waals surface area contributed by atoms with Crippen molar-refractivity contribution >= 4 is 5.82 Å². The van der Waals surface area contributed by atoms with Gasteiger partial charge in [-0.1, -0.05) is 6.92 Å². The predicted molar refractivity (Wildman–Crippen MR) is 56.1 cm³/mol. The zero-order valence-corrected chi connectivity index (χ0v) is 8.72. The molecular formula is C10H16N4. The van der Waals surface area contributed by atoms with Crippen LogP contribution in [0.1, 0.15) is 30.9 Å². The third-order valence-electron chi connectivity index (χ3n) is 2.39. The molecule has 1 aliphatic heterocycles. The number of nitrogens with zero attached hydrogens (tertiary/aromatic N) is 2. The van der Waals surface area contributed by atoms with Gasteiger partial charge in [-0.15, -0.1) is 0 Å². The van der Waals surface area contributed by atoms with Crippen molar-refractivity contribution < 1.29 is 0 Å². The van der Waals surface area contributed by atoms with E-state index in [2.05, 4.69) is 34.4 Å². The van der Waals surface area contributed by atoms with Crippen molar-refractivity contribution in [3.63, 3.8) is 0 Å². The molecule has 0 aromatic carbocycles. The molecule has 0 radical (unpaired) electrons. The van der Waals surface area contributed by atoms with E-state index >= 15 is 0 Å². The van der Waals surface area contributed by atoms with E-state index in [1.807, 2.05) is 0 Å². The van der Waals surface area contributed by atoms with Gasteiger partial charge in [-0.3, -0.25) is 0 Å². The van der Waals surface area contributed by atoms with Gasteiger partial charge in [0.15, 0.2) is 0 Å². The summed E-state index contributed by atoms with van der Waals surface area (Å²) in [7, 11) is 0. The first-order valence-corrected chi connectivity index (χ1v) is 5.18. The summed E-state index contributed by atoms with van der Waals surface area (Å²) in [5, 5.41) is 6.59. The molecule has 1 aliphatic rings. The normalized spacial score (nSPS) is 14.1. The smallest absolute Gasteiger partial charge is 0.134 e. The molecule has 0 spiro atoms. The monoisotopic (exact) mass is 192 g/mol. The van der Waals surface area contributed by atoms with Crippen molar-refractivity contribution in [3.05, 3.63) is 17.1 Å². The van der Waals surface area contributed by atoms with Crippen LogP contribution in [0.25, 0.3) is 0 Å². The average molecular weight is 192 g/mol. The predicted octanol–water partition coefficient (Wildman–Crippen LogP) is 1.07. The standard InChI is InChI=1S/C10H16N4/c1-3-9-13-8-6-11-5-7(8)10(14-9)12-4-2/h11H,3-6H2,1-2H3,(H,12,13,14). The number of rotatable bonds is 3. The Labute approximate surface area is 84.2 Å². The number of hydrogen-bond donors (Lipinski definition) is 2. The largest absolute Gasteiger partial charge is 0.370 e. The van der Waals surface area contributed by atoms with Crippen molar-refractivity contribution in [1.82, 2.24) is 15.3 Å². The first-order chi connectivity index (χ1) is 6.85. The molecule has 1 aromatic rings. The second kappa shape index (κ2) is 3.92. The Morgan fingerprint density at radius 3 is 2.86 bits per heavy atom. The third-order valence-corrected chi connectivity index (χ3v) is 2.39. The lowest BCUT2D eigenvalue weighted by atomic mass is 10.2. The average Bonchev–Trinajstić information content (AvgIpc) is 2.66. The molecule has 0 saturated heterocycles. The molecule has 2 heterocycles. The maximum absolute atomic E-state index is 4.50. The highest BCUT2D eigenvalue weighted by Gasteiger charge is 2.17. The molecule has 0 aliphatic carbocycles. The highest BCUT2D eigenvalue weighted by molar-refractivity contribution is 5.48. The Morgan fingerprint density at radius 2 is 2.14 bits per heavy atom. The number of aryl methyl sites for hydroxylation is 1. The van der Waals surface area contributed by atoms with Gasteiger partial charge in [0.2, 0.25) is 0 Å². The zero-order chi connectivity index (χ0) is 9.97. The van der Waals surface area contributed by atoms with Crippen LogP contribution in [0.3, 0.4) is 0 Å². The fourth-order valence-corrected chi connectivity index (χ4v) is 1.69. The van der Waals surface area contributed by atoms with Gasteiger partial charge in [0, 0.05) is 31.6 Å². The Kier molecular flexibility index (Phi) is 2.63. The molecule has 2 N–H and O–H groups in total. The van der Waals surface area contributed by atoms with E-state index in [-0.39, 0.29) is 0 Å². The molecule has 0 unspecified atom stereocenters. The van der Waals surface area contributed by atoms with Crippen molar-refractivity contribution in [3.8, 4) is 0 Å². The van der Waals surface area contributed by atoms with E-state index in [4.69, 9.17) is 0 Å². The van der Waals surface area contributed by atoms with Gasteiger partial charge in [-0.25, -0.2) is 9.97 Å². The van der Waals surface area contributed by atoms with Crippen LogP contribution in [0.15, 0.2) is 0 Å².